The summed E-state index contributed by atoms with van der Waals surface area (Å²) in [6, 6.07) is 7.90. The van der Waals surface area contributed by atoms with E-state index in [4.69, 9.17) is 16.3 Å². The van der Waals surface area contributed by atoms with Crippen LogP contribution in [-0.2, 0) is 4.74 Å². The van der Waals surface area contributed by atoms with Crippen molar-refractivity contribution < 1.29 is 9.53 Å². The Morgan fingerprint density at radius 1 is 1.61 bits per heavy atom. The van der Waals surface area contributed by atoms with Gasteiger partial charge in [0.1, 0.15) is 5.60 Å². The second-order valence-electron chi connectivity index (χ2n) is 4.76. The van der Waals surface area contributed by atoms with Gasteiger partial charge in [-0.05, 0) is 39.0 Å². The van der Waals surface area contributed by atoms with Gasteiger partial charge in [0.15, 0.2) is 0 Å². The summed E-state index contributed by atoms with van der Waals surface area (Å²) in [5.41, 5.74) is 0.00916. The van der Waals surface area contributed by atoms with E-state index in [9.17, 15) is 4.79 Å². The molecule has 0 aliphatic rings. The van der Waals surface area contributed by atoms with Crippen LogP contribution < -0.4 is 4.90 Å². The van der Waals surface area contributed by atoms with Crippen molar-refractivity contribution in [2.24, 2.45) is 0 Å². The maximum Gasteiger partial charge on any atom is 0.415 e. The van der Waals surface area contributed by atoms with Gasteiger partial charge in [-0.1, -0.05) is 23.7 Å². The molecule has 4 heteroatoms. The monoisotopic (exact) mass is 266 g/mol. The van der Waals surface area contributed by atoms with Crippen molar-refractivity contribution >= 4 is 23.4 Å². The molecule has 0 heterocycles. The zero-order chi connectivity index (χ0) is 13.8. The Kier molecular flexibility index (Phi) is 4.79. The van der Waals surface area contributed by atoms with Crippen LogP contribution in [0.5, 0.6) is 0 Å². The van der Waals surface area contributed by atoms with E-state index < -0.39 is 11.7 Å². The van der Waals surface area contributed by atoms with E-state index in [0.717, 1.165) is 0 Å². The van der Waals surface area contributed by atoms with Gasteiger partial charge in [-0.2, -0.15) is 0 Å². The van der Waals surface area contributed by atoms with Crippen LogP contribution in [0.4, 0.5) is 10.5 Å². The number of benzene rings is 1. The van der Waals surface area contributed by atoms with Gasteiger partial charge < -0.3 is 4.74 Å². The summed E-state index contributed by atoms with van der Waals surface area (Å²) < 4.78 is 5.33. The van der Waals surface area contributed by atoms with Crippen LogP contribution >= 0.6 is 11.6 Å². The molecule has 0 aromatic heterocycles. The van der Waals surface area contributed by atoms with E-state index in [-0.39, 0.29) is 0 Å². The summed E-state index contributed by atoms with van der Waals surface area (Å²) in [5.74, 6) is 0. The number of nitrogens with zero attached hydrogens (tertiary/aromatic N) is 1. The minimum absolute atomic E-state index is 0.326. The highest BCUT2D eigenvalue weighted by molar-refractivity contribution is 6.33. The van der Waals surface area contributed by atoms with Gasteiger partial charge in [0.25, 0.3) is 0 Å². The molecule has 0 spiro atoms. The third kappa shape index (κ3) is 4.08. The summed E-state index contributed by atoms with van der Waals surface area (Å²) in [4.78, 5) is 13.5. The normalized spacial score (nSPS) is 10.9. The first-order chi connectivity index (χ1) is 8.35. The number of hydrogen-bond donors (Lipinski definition) is 0. The lowest BCUT2D eigenvalue weighted by Crippen LogP contribution is -2.37. The van der Waals surface area contributed by atoms with Crippen molar-refractivity contribution in [3.8, 4) is 0 Å². The molecule has 0 fully saturated rings. The van der Waals surface area contributed by atoms with Crippen molar-refractivity contribution in [1.82, 2.24) is 0 Å². The van der Waals surface area contributed by atoms with Gasteiger partial charge in [-0.3, -0.25) is 4.90 Å². The van der Waals surface area contributed by atoms with E-state index in [1.54, 1.807) is 24.3 Å². The average molecular weight is 267 g/mol. The standard InChI is InChI=1S/C14H17ClNO2/c1-5-10-16(13(17)18-14(2,3)4)12-9-7-6-8-11(12)15/h5-6,8-9H,1,10H2,2-4H3. The molecule has 97 valence electrons. The first kappa shape index (κ1) is 14.6. The SMILES string of the molecule is C=CCN(C(=O)OC(C)(C)C)c1c[c]ccc1Cl. The fourth-order valence-electron chi connectivity index (χ4n) is 1.33. The van der Waals surface area contributed by atoms with Gasteiger partial charge in [0.05, 0.1) is 10.7 Å². The van der Waals surface area contributed by atoms with Crippen LogP contribution in [0.3, 0.4) is 0 Å². The Morgan fingerprint density at radius 3 is 2.78 bits per heavy atom. The van der Waals surface area contributed by atoms with Crippen LogP contribution in [-0.4, -0.2) is 18.2 Å². The molecule has 3 nitrogen and oxygen atoms in total. The number of anilines is 1. The minimum Gasteiger partial charge on any atom is -0.443 e. The molecule has 0 aliphatic carbocycles. The predicted molar refractivity (Wildman–Crippen MR) is 74.1 cm³/mol. The molecule has 0 unspecified atom stereocenters. The molecule has 1 radical (unpaired) electrons. The van der Waals surface area contributed by atoms with Crippen molar-refractivity contribution in [2.45, 2.75) is 26.4 Å². The first-order valence-electron chi connectivity index (χ1n) is 5.62. The van der Waals surface area contributed by atoms with Crippen LogP contribution in [0.1, 0.15) is 20.8 Å². The molecule has 0 saturated heterocycles. The van der Waals surface area contributed by atoms with Gasteiger partial charge in [-0.15, -0.1) is 6.58 Å². The number of ether oxygens (including phenoxy) is 1. The van der Waals surface area contributed by atoms with Crippen LogP contribution in [0.25, 0.3) is 0 Å². The summed E-state index contributed by atoms with van der Waals surface area (Å²) in [5, 5.41) is 0.474. The molecule has 1 aromatic rings. The van der Waals surface area contributed by atoms with Crippen LogP contribution in [0.15, 0.2) is 30.9 Å². The zero-order valence-corrected chi connectivity index (χ0v) is 11.6. The third-order valence-electron chi connectivity index (χ3n) is 2.01. The molecule has 18 heavy (non-hydrogen) atoms. The first-order valence-corrected chi connectivity index (χ1v) is 6.00. The summed E-state index contributed by atoms with van der Waals surface area (Å²) in [6.07, 6.45) is 1.16. The molecular weight excluding hydrogens is 250 g/mol. The highest BCUT2D eigenvalue weighted by atomic mass is 35.5. The average Bonchev–Trinajstić information content (AvgIpc) is 2.24. The Balaban J connectivity index is 3.00. The zero-order valence-electron chi connectivity index (χ0n) is 10.9. The van der Waals surface area contributed by atoms with Crippen molar-refractivity contribution in [2.75, 3.05) is 11.4 Å². The fraction of sp³-hybridized carbons (Fsp3) is 0.357. The highest BCUT2D eigenvalue weighted by Crippen LogP contribution is 2.26. The number of hydrogen-bond acceptors (Lipinski definition) is 2. The van der Waals surface area contributed by atoms with Crippen molar-refractivity contribution in [3.05, 3.63) is 41.9 Å². The lowest BCUT2D eigenvalue weighted by atomic mass is 10.2. The number of halogens is 1. The quantitative estimate of drug-likeness (QED) is 0.772. The largest absolute Gasteiger partial charge is 0.443 e. The minimum atomic E-state index is -0.554. The Hall–Kier alpha value is -1.48. The number of rotatable bonds is 3. The second kappa shape index (κ2) is 5.91. The van der Waals surface area contributed by atoms with E-state index in [0.29, 0.717) is 17.3 Å². The van der Waals surface area contributed by atoms with Crippen LogP contribution in [0, 0.1) is 6.07 Å². The predicted octanol–water partition coefficient (Wildman–Crippen LogP) is 4.07. The molecule has 1 rings (SSSR count). The van der Waals surface area contributed by atoms with E-state index in [1.165, 1.54) is 4.90 Å². The van der Waals surface area contributed by atoms with E-state index in [2.05, 4.69) is 12.6 Å². The Bertz CT molecular complexity index is 438. The molecule has 0 N–H and O–H groups in total. The number of carbonyl (C=O) groups excluding carboxylic acids is 1. The van der Waals surface area contributed by atoms with Gasteiger partial charge in [0.2, 0.25) is 0 Å². The Labute approximate surface area is 113 Å². The maximum atomic E-state index is 12.1. The third-order valence-corrected chi connectivity index (χ3v) is 2.33. The molecule has 0 bridgehead atoms. The molecule has 0 saturated carbocycles. The van der Waals surface area contributed by atoms with Crippen molar-refractivity contribution in [1.29, 1.82) is 0 Å². The Morgan fingerprint density at radius 2 is 2.28 bits per heavy atom. The molecule has 1 amide bonds. The number of carbonyl (C=O) groups is 1. The molecule has 0 aliphatic heterocycles. The lowest BCUT2D eigenvalue weighted by Gasteiger charge is -2.27. The molecular formula is C14H17ClNO2. The molecule has 0 atom stereocenters. The smallest absolute Gasteiger partial charge is 0.415 e. The fourth-order valence-corrected chi connectivity index (χ4v) is 1.55. The topological polar surface area (TPSA) is 29.5 Å². The summed E-state index contributed by atoms with van der Waals surface area (Å²) >= 11 is 6.07. The second-order valence-corrected chi connectivity index (χ2v) is 5.16. The van der Waals surface area contributed by atoms with Gasteiger partial charge in [-0.25, -0.2) is 4.79 Å². The molecule has 1 aromatic carbocycles. The van der Waals surface area contributed by atoms with E-state index >= 15 is 0 Å². The number of amides is 1. The maximum absolute atomic E-state index is 12.1. The van der Waals surface area contributed by atoms with Gasteiger partial charge in [0, 0.05) is 6.54 Å². The van der Waals surface area contributed by atoms with E-state index in [1.807, 2.05) is 20.8 Å². The van der Waals surface area contributed by atoms with Crippen LogP contribution in [0.2, 0.25) is 5.02 Å². The van der Waals surface area contributed by atoms with Crippen molar-refractivity contribution in [3.63, 3.8) is 0 Å². The van der Waals surface area contributed by atoms with Gasteiger partial charge >= 0.3 is 6.09 Å². The highest BCUT2D eigenvalue weighted by Gasteiger charge is 2.23. The summed E-state index contributed by atoms with van der Waals surface area (Å²) in [6.45, 7) is 9.40. The summed E-state index contributed by atoms with van der Waals surface area (Å²) in [7, 11) is 0. The lowest BCUT2D eigenvalue weighted by molar-refractivity contribution is 0.0584.